The highest BCUT2D eigenvalue weighted by atomic mass is 32.2. The van der Waals surface area contributed by atoms with E-state index in [1.807, 2.05) is 19.9 Å². The molecule has 2 aliphatic heterocycles. The zero-order valence-electron chi connectivity index (χ0n) is 17.0. The lowest BCUT2D eigenvalue weighted by Crippen LogP contribution is -2.44. The number of methoxy groups -OCH3 is 1. The number of aryl methyl sites for hydroxylation is 1. The Hall–Kier alpha value is -2.48. The molecule has 0 radical (unpaired) electrons. The van der Waals surface area contributed by atoms with Gasteiger partial charge in [0, 0.05) is 13.1 Å². The molecule has 2 heterocycles. The topological polar surface area (TPSA) is 76.2 Å². The molecule has 0 aromatic heterocycles. The van der Waals surface area contributed by atoms with Gasteiger partial charge in [-0.1, -0.05) is 0 Å². The highest BCUT2D eigenvalue weighted by Gasteiger charge is 2.37. The summed E-state index contributed by atoms with van der Waals surface area (Å²) in [6.45, 7) is 5.44. The van der Waals surface area contributed by atoms with Gasteiger partial charge in [0.1, 0.15) is 6.54 Å². The molecule has 3 amide bonds. The summed E-state index contributed by atoms with van der Waals surface area (Å²) in [4.78, 5) is 40.7. The molecule has 29 heavy (non-hydrogen) atoms. The average Bonchev–Trinajstić information content (AvgIpc) is 2.98. The van der Waals surface area contributed by atoms with Crippen molar-refractivity contribution in [3.63, 3.8) is 0 Å². The van der Waals surface area contributed by atoms with Gasteiger partial charge in [0.05, 0.1) is 18.6 Å². The maximum atomic E-state index is 12.8. The highest BCUT2D eigenvalue weighted by Crippen LogP contribution is 2.36. The first kappa shape index (κ1) is 21.2. The summed E-state index contributed by atoms with van der Waals surface area (Å²) in [5.74, 6) is 0.583. The van der Waals surface area contributed by atoms with Crippen molar-refractivity contribution in [2.45, 2.75) is 33.1 Å². The van der Waals surface area contributed by atoms with Crippen LogP contribution in [0.4, 0.5) is 4.79 Å². The van der Waals surface area contributed by atoms with Crippen LogP contribution in [0.5, 0.6) is 11.5 Å². The van der Waals surface area contributed by atoms with Gasteiger partial charge < -0.3 is 14.4 Å². The predicted octanol–water partition coefficient (Wildman–Crippen LogP) is 3.45. The van der Waals surface area contributed by atoms with E-state index in [0.29, 0.717) is 36.1 Å². The van der Waals surface area contributed by atoms with Gasteiger partial charge in [-0.3, -0.25) is 19.3 Å². The van der Waals surface area contributed by atoms with Crippen molar-refractivity contribution in [3.8, 4) is 11.5 Å². The first-order valence-corrected chi connectivity index (χ1v) is 10.6. The lowest BCUT2D eigenvalue weighted by Gasteiger charge is -2.27. The molecule has 7 nitrogen and oxygen atoms in total. The Labute approximate surface area is 175 Å². The zero-order valence-corrected chi connectivity index (χ0v) is 17.8. The van der Waals surface area contributed by atoms with Crippen molar-refractivity contribution < 1.29 is 23.9 Å². The summed E-state index contributed by atoms with van der Waals surface area (Å²) in [6.07, 6.45) is 4.71. The summed E-state index contributed by atoms with van der Waals surface area (Å²) in [6, 6.07) is 3.63. The van der Waals surface area contributed by atoms with E-state index in [4.69, 9.17) is 9.47 Å². The summed E-state index contributed by atoms with van der Waals surface area (Å²) in [5, 5.41) is -0.414. The van der Waals surface area contributed by atoms with E-state index in [1.165, 1.54) is 0 Å². The number of amides is 3. The largest absolute Gasteiger partial charge is 0.493 e. The van der Waals surface area contributed by atoms with Crippen molar-refractivity contribution in [2.24, 2.45) is 0 Å². The van der Waals surface area contributed by atoms with Crippen LogP contribution >= 0.6 is 11.8 Å². The zero-order chi connectivity index (χ0) is 21.0. The number of hydrogen-bond acceptors (Lipinski definition) is 6. The molecule has 156 valence electrons. The minimum Gasteiger partial charge on any atom is -0.493 e. The smallest absolute Gasteiger partial charge is 0.294 e. The lowest BCUT2D eigenvalue weighted by molar-refractivity contribution is -0.136. The molecule has 0 unspecified atom stereocenters. The second kappa shape index (κ2) is 9.35. The van der Waals surface area contributed by atoms with Gasteiger partial charge in [-0.05, 0) is 74.2 Å². The van der Waals surface area contributed by atoms with Crippen LogP contribution in [0.1, 0.15) is 37.3 Å². The number of ether oxygens (including phenoxy) is 2. The van der Waals surface area contributed by atoms with Crippen LogP contribution < -0.4 is 9.47 Å². The number of likely N-dealkylation sites (tertiary alicyclic amines) is 1. The van der Waals surface area contributed by atoms with Gasteiger partial charge in [0.2, 0.25) is 5.91 Å². The highest BCUT2D eigenvalue weighted by molar-refractivity contribution is 8.18. The number of piperidine rings is 1. The molecule has 0 N–H and O–H groups in total. The number of carbonyl (C=O) groups is 3. The molecule has 8 heteroatoms. The maximum Gasteiger partial charge on any atom is 0.294 e. The van der Waals surface area contributed by atoms with Crippen LogP contribution in [0.25, 0.3) is 6.08 Å². The fourth-order valence-corrected chi connectivity index (χ4v) is 4.25. The minimum atomic E-state index is -0.432. The molecule has 2 saturated heterocycles. The Morgan fingerprint density at radius 3 is 2.55 bits per heavy atom. The van der Waals surface area contributed by atoms with Crippen LogP contribution in [0, 0.1) is 6.92 Å². The third-order valence-electron chi connectivity index (χ3n) is 5.01. The fourth-order valence-electron chi connectivity index (χ4n) is 3.42. The van der Waals surface area contributed by atoms with Crippen molar-refractivity contribution in [1.82, 2.24) is 9.80 Å². The second-order valence-electron chi connectivity index (χ2n) is 7.00. The SMILES string of the molecule is CCOc1cc(/C=C2\SC(=O)N(CC(=O)N3CCCCC3)C2=O)c(C)cc1OC. The van der Waals surface area contributed by atoms with E-state index in [-0.39, 0.29) is 12.5 Å². The Bertz CT molecular complexity index is 846. The summed E-state index contributed by atoms with van der Waals surface area (Å²) in [7, 11) is 1.57. The Kier molecular flexibility index (Phi) is 6.84. The van der Waals surface area contributed by atoms with E-state index < -0.39 is 11.1 Å². The Morgan fingerprint density at radius 1 is 1.17 bits per heavy atom. The van der Waals surface area contributed by atoms with Gasteiger partial charge in [-0.15, -0.1) is 0 Å². The molecule has 0 aliphatic carbocycles. The first-order chi connectivity index (χ1) is 13.9. The first-order valence-electron chi connectivity index (χ1n) is 9.79. The second-order valence-corrected chi connectivity index (χ2v) is 8.00. The maximum absolute atomic E-state index is 12.8. The van der Waals surface area contributed by atoms with Crippen LogP contribution in [0.2, 0.25) is 0 Å². The number of carbonyl (C=O) groups excluding carboxylic acids is 3. The van der Waals surface area contributed by atoms with Gasteiger partial charge >= 0.3 is 0 Å². The number of hydrogen-bond donors (Lipinski definition) is 0. The van der Waals surface area contributed by atoms with Gasteiger partial charge in [0.25, 0.3) is 11.1 Å². The summed E-state index contributed by atoms with van der Waals surface area (Å²) < 4.78 is 10.9. The van der Waals surface area contributed by atoms with Gasteiger partial charge in [0.15, 0.2) is 11.5 Å². The number of nitrogens with zero attached hydrogens (tertiary/aromatic N) is 2. The van der Waals surface area contributed by atoms with Crippen molar-refractivity contribution in [3.05, 3.63) is 28.2 Å². The molecular formula is C21H26N2O5S. The number of imide groups is 1. The number of rotatable bonds is 6. The number of benzene rings is 1. The van der Waals surface area contributed by atoms with Crippen LogP contribution in [0.15, 0.2) is 17.0 Å². The summed E-state index contributed by atoms with van der Waals surface area (Å²) in [5.41, 5.74) is 1.66. The standard InChI is InChI=1S/C21H26N2O5S/c1-4-28-17-11-15(14(2)10-16(17)27-3)12-18-20(25)23(21(26)29-18)13-19(24)22-8-6-5-7-9-22/h10-12H,4-9,13H2,1-3H3/b18-12-. The molecule has 0 bridgehead atoms. The van der Waals surface area contributed by atoms with Crippen LogP contribution in [0.3, 0.4) is 0 Å². The van der Waals surface area contributed by atoms with Crippen molar-refractivity contribution in [2.75, 3.05) is 33.4 Å². The third-order valence-corrected chi connectivity index (χ3v) is 5.92. The molecule has 1 aromatic rings. The third kappa shape index (κ3) is 4.75. The molecule has 1 aromatic carbocycles. The molecule has 0 saturated carbocycles. The predicted molar refractivity (Wildman–Crippen MR) is 112 cm³/mol. The monoisotopic (exact) mass is 418 g/mol. The van der Waals surface area contributed by atoms with Crippen molar-refractivity contribution in [1.29, 1.82) is 0 Å². The quantitative estimate of drug-likeness (QED) is 0.659. The van der Waals surface area contributed by atoms with Crippen molar-refractivity contribution >= 4 is 34.9 Å². The van der Waals surface area contributed by atoms with E-state index in [2.05, 4.69) is 0 Å². The molecule has 0 atom stereocenters. The van der Waals surface area contributed by atoms with E-state index in [0.717, 1.165) is 47.1 Å². The Balaban J connectivity index is 1.79. The molecular weight excluding hydrogens is 392 g/mol. The Morgan fingerprint density at radius 2 is 1.90 bits per heavy atom. The van der Waals surface area contributed by atoms with Gasteiger partial charge in [-0.2, -0.15) is 0 Å². The van der Waals surface area contributed by atoms with E-state index >= 15 is 0 Å². The van der Waals surface area contributed by atoms with Crippen LogP contribution in [-0.4, -0.2) is 60.2 Å². The van der Waals surface area contributed by atoms with Crippen LogP contribution in [-0.2, 0) is 9.59 Å². The van der Waals surface area contributed by atoms with Gasteiger partial charge in [-0.25, -0.2) is 0 Å². The normalized spacial score (nSPS) is 18.5. The fraction of sp³-hybridized carbons (Fsp3) is 0.476. The average molecular weight is 419 g/mol. The number of thioether (sulfide) groups is 1. The lowest BCUT2D eigenvalue weighted by atomic mass is 10.1. The minimum absolute atomic E-state index is 0.174. The molecule has 2 aliphatic rings. The molecule has 3 rings (SSSR count). The molecule has 2 fully saturated rings. The van der Waals surface area contributed by atoms with E-state index in [9.17, 15) is 14.4 Å². The van der Waals surface area contributed by atoms with E-state index in [1.54, 1.807) is 24.2 Å². The summed E-state index contributed by atoms with van der Waals surface area (Å²) >= 11 is 0.859. The molecule has 0 spiro atoms.